The second-order valence-corrected chi connectivity index (χ2v) is 6.28. The zero-order chi connectivity index (χ0) is 15.6. The van der Waals surface area contributed by atoms with Crippen LogP contribution in [0.5, 0.6) is 5.75 Å². The molecule has 0 aliphatic heterocycles. The van der Waals surface area contributed by atoms with Crippen LogP contribution in [0.25, 0.3) is 0 Å². The van der Waals surface area contributed by atoms with Gasteiger partial charge in [-0.2, -0.15) is 0 Å². The number of hydrogen-bond acceptors (Lipinski definition) is 3. The highest BCUT2D eigenvalue weighted by Gasteiger charge is 2.21. The molecule has 0 bridgehead atoms. The summed E-state index contributed by atoms with van der Waals surface area (Å²) in [4.78, 5) is 0. The van der Waals surface area contributed by atoms with Gasteiger partial charge in [0.25, 0.3) is 0 Å². The third-order valence-corrected chi connectivity index (χ3v) is 5.14. The topological polar surface area (TPSA) is 27.7 Å². The van der Waals surface area contributed by atoms with Gasteiger partial charge in [0.1, 0.15) is 5.75 Å². The SMILES string of the molecule is COC(C)(CI)CCOCCCCOc1ccc(C)cc1. The number of hydrogen-bond donors (Lipinski definition) is 0. The summed E-state index contributed by atoms with van der Waals surface area (Å²) in [7, 11) is 1.76. The molecule has 0 saturated heterocycles. The third kappa shape index (κ3) is 8.02. The van der Waals surface area contributed by atoms with Crippen molar-refractivity contribution in [1.29, 1.82) is 0 Å². The predicted octanol–water partition coefficient (Wildman–Crippen LogP) is 4.40. The van der Waals surface area contributed by atoms with Gasteiger partial charge in [0.15, 0.2) is 0 Å². The van der Waals surface area contributed by atoms with Crippen molar-refractivity contribution in [2.45, 2.75) is 38.7 Å². The van der Waals surface area contributed by atoms with Crippen molar-refractivity contribution in [2.75, 3.05) is 31.4 Å². The molecule has 0 aliphatic carbocycles. The Labute approximate surface area is 142 Å². The summed E-state index contributed by atoms with van der Waals surface area (Å²) in [5, 5.41) is 0. The van der Waals surface area contributed by atoms with Crippen LogP contribution >= 0.6 is 22.6 Å². The number of methoxy groups -OCH3 is 1. The van der Waals surface area contributed by atoms with Crippen molar-refractivity contribution in [3.8, 4) is 5.75 Å². The first-order chi connectivity index (χ1) is 10.1. The summed E-state index contributed by atoms with van der Waals surface area (Å²) in [6.07, 6.45) is 2.98. The number of unbranched alkanes of at least 4 members (excludes halogenated alkanes) is 1. The summed E-state index contributed by atoms with van der Waals surface area (Å²) in [5.74, 6) is 0.944. The van der Waals surface area contributed by atoms with Crippen LogP contribution in [0, 0.1) is 6.92 Å². The minimum atomic E-state index is -0.0604. The van der Waals surface area contributed by atoms with Crippen LogP contribution in [0.4, 0.5) is 0 Å². The van der Waals surface area contributed by atoms with Gasteiger partial charge in [0, 0.05) is 31.2 Å². The smallest absolute Gasteiger partial charge is 0.119 e. The van der Waals surface area contributed by atoms with E-state index in [1.54, 1.807) is 7.11 Å². The molecule has 0 fully saturated rings. The van der Waals surface area contributed by atoms with Gasteiger partial charge in [-0.3, -0.25) is 0 Å². The molecule has 21 heavy (non-hydrogen) atoms. The lowest BCUT2D eigenvalue weighted by Crippen LogP contribution is -2.30. The molecule has 0 radical (unpaired) electrons. The highest BCUT2D eigenvalue weighted by Crippen LogP contribution is 2.17. The van der Waals surface area contributed by atoms with E-state index < -0.39 is 0 Å². The fourth-order valence-corrected chi connectivity index (χ4v) is 2.44. The summed E-state index contributed by atoms with van der Waals surface area (Å²) < 4.78 is 17.8. The van der Waals surface area contributed by atoms with Crippen molar-refractivity contribution < 1.29 is 14.2 Å². The van der Waals surface area contributed by atoms with Gasteiger partial charge in [-0.25, -0.2) is 0 Å². The minimum absolute atomic E-state index is 0.0604. The molecule has 0 spiro atoms. The average Bonchev–Trinajstić information content (AvgIpc) is 2.51. The normalized spacial score (nSPS) is 13.9. The Morgan fingerprint density at radius 3 is 2.33 bits per heavy atom. The average molecular weight is 406 g/mol. The largest absolute Gasteiger partial charge is 0.494 e. The van der Waals surface area contributed by atoms with E-state index in [4.69, 9.17) is 14.2 Å². The molecule has 1 rings (SSSR count). The van der Waals surface area contributed by atoms with Gasteiger partial charge in [-0.15, -0.1) is 0 Å². The van der Waals surface area contributed by atoms with Gasteiger partial charge >= 0.3 is 0 Å². The fourth-order valence-electron chi connectivity index (χ4n) is 1.74. The van der Waals surface area contributed by atoms with E-state index in [1.165, 1.54) is 5.56 Å². The highest BCUT2D eigenvalue weighted by molar-refractivity contribution is 14.1. The molecule has 1 aromatic carbocycles. The van der Waals surface area contributed by atoms with Crippen LogP contribution in [-0.4, -0.2) is 37.0 Å². The van der Waals surface area contributed by atoms with E-state index in [-0.39, 0.29) is 5.60 Å². The summed E-state index contributed by atoms with van der Waals surface area (Å²) in [6, 6.07) is 8.17. The molecular weight excluding hydrogens is 379 g/mol. The van der Waals surface area contributed by atoms with Crippen molar-refractivity contribution >= 4 is 22.6 Å². The highest BCUT2D eigenvalue weighted by atomic mass is 127. The van der Waals surface area contributed by atoms with E-state index in [2.05, 4.69) is 48.6 Å². The maximum absolute atomic E-state index is 5.68. The first kappa shape index (κ1) is 18.7. The Morgan fingerprint density at radius 2 is 1.71 bits per heavy atom. The quantitative estimate of drug-likeness (QED) is 0.310. The molecule has 0 heterocycles. The Morgan fingerprint density at radius 1 is 1.05 bits per heavy atom. The molecule has 0 aromatic heterocycles. The second kappa shape index (κ2) is 10.4. The first-order valence-corrected chi connectivity index (χ1v) is 9.00. The van der Waals surface area contributed by atoms with Crippen LogP contribution in [0.15, 0.2) is 24.3 Å². The number of aryl methyl sites for hydroxylation is 1. The van der Waals surface area contributed by atoms with Crippen LogP contribution in [0.3, 0.4) is 0 Å². The van der Waals surface area contributed by atoms with Gasteiger partial charge in [-0.05, 0) is 38.8 Å². The lowest BCUT2D eigenvalue weighted by molar-refractivity contribution is -0.00471. The summed E-state index contributed by atoms with van der Waals surface area (Å²) in [5.41, 5.74) is 1.19. The molecule has 0 N–H and O–H groups in total. The van der Waals surface area contributed by atoms with E-state index in [0.717, 1.165) is 49.3 Å². The van der Waals surface area contributed by atoms with Crippen molar-refractivity contribution in [2.24, 2.45) is 0 Å². The Hall–Kier alpha value is -0.330. The van der Waals surface area contributed by atoms with Crippen molar-refractivity contribution in [3.63, 3.8) is 0 Å². The van der Waals surface area contributed by atoms with Crippen molar-refractivity contribution in [1.82, 2.24) is 0 Å². The molecular formula is C17H27IO3. The molecule has 1 unspecified atom stereocenters. The molecule has 3 nitrogen and oxygen atoms in total. The molecule has 1 aromatic rings. The van der Waals surface area contributed by atoms with E-state index in [9.17, 15) is 0 Å². The maximum Gasteiger partial charge on any atom is 0.119 e. The standard InChI is InChI=1S/C17H27IO3/c1-15-6-8-16(9-7-15)21-12-5-4-11-20-13-10-17(2,14-18)19-3/h6-9H,4-5,10-14H2,1-3H3. The predicted molar refractivity (Wildman–Crippen MR) is 95.6 cm³/mol. The van der Waals surface area contributed by atoms with E-state index >= 15 is 0 Å². The fraction of sp³-hybridized carbons (Fsp3) is 0.647. The van der Waals surface area contributed by atoms with Crippen LogP contribution < -0.4 is 4.74 Å². The van der Waals surface area contributed by atoms with E-state index in [0.29, 0.717) is 0 Å². The van der Waals surface area contributed by atoms with Crippen LogP contribution in [0.2, 0.25) is 0 Å². The Kier molecular flexibility index (Phi) is 9.27. The summed E-state index contributed by atoms with van der Waals surface area (Å²) >= 11 is 2.36. The van der Waals surface area contributed by atoms with E-state index in [1.807, 2.05) is 12.1 Å². The number of alkyl halides is 1. The van der Waals surface area contributed by atoms with Crippen LogP contribution in [0.1, 0.15) is 31.7 Å². The lowest BCUT2D eigenvalue weighted by Gasteiger charge is -2.25. The molecule has 0 aliphatic rings. The number of rotatable bonds is 11. The van der Waals surface area contributed by atoms with Crippen molar-refractivity contribution in [3.05, 3.63) is 29.8 Å². The van der Waals surface area contributed by atoms with Gasteiger partial charge in [0.2, 0.25) is 0 Å². The molecule has 0 amide bonds. The monoisotopic (exact) mass is 406 g/mol. The molecule has 1 atom stereocenters. The number of ether oxygens (including phenoxy) is 3. The minimum Gasteiger partial charge on any atom is -0.494 e. The number of halogens is 1. The van der Waals surface area contributed by atoms with Gasteiger partial charge < -0.3 is 14.2 Å². The van der Waals surface area contributed by atoms with Gasteiger partial charge in [0.05, 0.1) is 12.2 Å². The molecule has 0 saturated carbocycles. The summed E-state index contributed by atoms with van der Waals surface area (Å²) in [6.45, 7) is 6.49. The van der Waals surface area contributed by atoms with Gasteiger partial charge in [-0.1, -0.05) is 40.3 Å². The Bertz CT molecular complexity index is 374. The Balaban J connectivity index is 1.99. The van der Waals surface area contributed by atoms with Crippen LogP contribution in [-0.2, 0) is 9.47 Å². The second-order valence-electron chi connectivity index (χ2n) is 5.52. The first-order valence-electron chi connectivity index (χ1n) is 7.48. The zero-order valence-electron chi connectivity index (χ0n) is 13.4. The lowest BCUT2D eigenvalue weighted by atomic mass is 10.1. The maximum atomic E-state index is 5.68. The number of benzene rings is 1. The molecule has 120 valence electrons. The zero-order valence-corrected chi connectivity index (χ0v) is 15.5. The third-order valence-electron chi connectivity index (χ3n) is 3.52. The molecule has 4 heteroatoms.